The molecule has 2 aromatic heterocycles. The van der Waals surface area contributed by atoms with Crippen molar-refractivity contribution in [2.24, 2.45) is 0 Å². The minimum atomic E-state index is -1.20. The van der Waals surface area contributed by atoms with E-state index in [0.717, 1.165) is 10.0 Å². The van der Waals surface area contributed by atoms with Gasteiger partial charge >= 0.3 is 0 Å². The number of ether oxygens (including phenoxy) is 1. The summed E-state index contributed by atoms with van der Waals surface area (Å²) >= 11 is 3.41. The molecule has 10 heteroatoms. The van der Waals surface area contributed by atoms with Gasteiger partial charge in [0.05, 0.1) is 12.9 Å². The summed E-state index contributed by atoms with van der Waals surface area (Å²) in [6, 6.07) is 7.91. The first-order valence-electron chi connectivity index (χ1n) is 9.37. The van der Waals surface area contributed by atoms with Crippen LogP contribution in [0.5, 0.6) is 0 Å². The summed E-state index contributed by atoms with van der Waals surface area (Å²) in [5.74, 6) is 0.549. The van der Waals surface area contributed by atoms with Crippen molar-refractivity contribution < 1.29 is 20.1 Å². The van der Waals surface area contributed by atoms with Crippen LogP contribution < -0.4 is 5.32 Å². The highest BCUT2D eigenvalue weighted by Crippen LogP contribution is 2.32. The molecule has 1 saturated heterocycles. The second kappa shape index (κ2) is 9.59. The molecule has 0 saturated carbocycles. The number of rotatable bonds is 5. The summed E-state index contributed by atoms with van der Waals surface area (Å²) in [5, 5.41) is 32.7. The Bertz CT molecular complexity index is 936. The Kier molecular flexibility index (Phi) is 7.14. The Morgan fingerprint density at radius 1 is 1.10 bits per heavy atom. The number of aromatic nitrogens is 4. The van der Waals surface area contributed by atoms with Crippen LogP contribution in [0.1, 0.15) is 25.6 Å². The van der Waals surface area contributed by atoms with Gasteiger partial charge in [-0.05, 0) is 17.7 Å². The summed E-state index contributed by atoms with van der Waals surface area (Å²) in [7, 11) is 0. The van der Waals surface area contributed by atoms with Gasteiger partial charge < -0.3 is 25.4 Å². The molecule has 29 heavy (non-hydrogen) atoms. The predicted octanol–water partition coefficient (Wildman–Crippen LogP) is 1.84. The summed E-state index contributed by atoms with van der Waals surface area (Å²) in [6.07, 6.45) is -1.27. The topological polar surface area (TPSA) is 126 Å². The Balaban J connectivity index is 0.00000117. The van der Waals surface area contributed by atoms with Crippen molar-refractivity contribution in [1.82, 2.24) is 19.5 Å². The van der Waals surface area contributed by atoms with Gasteiger partial charge in [-0.25, -0.2) is 15.0 Å². The fourth-order valence-corrected chi connectivity index (χ4v) is 3.33. The van der Waals surface area contributed by atoms with E-state index in [0.29, 0.717) is 23.5 Å². The lowest BCUT2D eigenvalue weighted by Crippen LogP contribution is -2.33. The molecule has 0 radical (unpaired) electrons. The molecular formula is C19H24BrN5O4. The van der Waals surface area contributed by atoms with Crippen LogP contribution in [0.25, 0.3) is 11.2 Å². The number of imidazole rings is 1. The zero-order valence-corrected chi connectivity index (χ0v) is 17.7. The summed E-state index contributed by atoms with van der Waals surface area (Å²) in [5.41, 5.74) is 2.05. The smallest absolute Gasteiger partial charge is 0.167 e. The lowest BCUT2D eigenvalue weighted by Gasteiger charge is -2.16. The van der Waals surface area contributed by atoms with Crippen LogP contribution in [-0.4, -0.2) is 59.8 Å². The van der Waals surface area contributed by atoms with Gasteiger partial charge in [-0.1, -0.05) is 41.9 Å². The normalized spacial score (nSPS) is 23.7. The van der Waals surface area contributed by atoms with Crippen LogP contribution in [0.2, 0.25) is 0 Å². The minimum absolute atomic E-state index is 0.393. The zero-order chi connectivity index (χ0) is 21.0. The molecule has 9 nitrogen and oxygen atoms in total. The van der Waals surface area contributed by atoms with Gasteiger partial charge in [0.15, 0.2) is 23.2 Å². The number of aliphatic hydroxyl groups is 3. The van der Waals surface area contributed by atoms with Crippen LogP contribution in [-0.2, 0) is 11.3 Å². The van der Waals surface area contributed by atoms with E-state index >= 15 is 0 Å². The number of aliphatic hydroxyl groups excluding tert-OH is 3. The van der Waals surface area contributed by atoms with Crippen molar-refractivity contribution in [2.45, 2.75) is 44.9 Å². The Hall–Kier alpha value is -2.11. The van der Waals surface area contributed by atoms with Crippen molar-refractivity contribution in [3.05, 3.63) is 47.0 Å². The van der Waals surface area contributed by atoms with Crippen molar-refractivity contribution in [2.75, 3.05) is 11.9 Å². The standard InChI is InChI=1S/C17H18BrN5O4.C2H6/c18-10-3-1-9(2-4-10)5-19-15-12-16(21-7-20-15)23(8-22-12)17-14(26)13(25)11(6-24)27-17;1-2/h1-4,7-8,11,13-14,17,24-26H,5-6H2,(H,19,20,21);1-2H3. The number of nitrogens with one attached hydrogen (secondary N) is 1. The first kappa shape index (κ1) is 21.6. The molecule has 4 atom stereocenters. The highest BCUT2D eigenvalue weighted by Gasteiger charge is 2.44. The van der Waals surface area contributed by atoms with Crippen molar-refractivity contribution >= 4 is 32.9 Å². The molecule has 4 unspecified atom stereocenters. The van der Waals surface area contributed by atoms with Gasteiger partial charge in [-0.2, -0.15) is 0 Å². The third-order valence-corrected chi connectivity index (χ3v) is 5.05. The highest BCUT2D eigenvalue weighted by molar-refractivity contribution is 9.10. The van der Waals surface area contributed by atoms with Crippen LogP contribution >= 0.6 is 15.9 Å². The molecule has 0 spiro atoms. The number of hydrogen-bond acceptors (Lipinski definition) is 8. The predicted molar refractivity (Wildman–Crippen MR) is 111 cm³/mol. The molecule has 0 amide bonds. The number of fused-ring (bicyclic) bond motifs is 1. The van der Waals surface area contributed by atoms with Crippen LogP contribution in [0.3, 0.4) is 0 Å². The van der Waals surface area contributed by atoms with E-state index in [4.69, 9.17) is 4.74 Å². The molecule has 4 rings (SSSR count). The maximum Gasteiger partial charge on any atom is 0.167 e. The van der Waals surface area contributed by atoms with E-state index in [2.05, 4.69) is 36.2 Å². The molecule has 3 heterocycles. The van der Waals surface area contributed by atoms with E-state index in [1.165, 1.54) is 17.2 Å². The van der Waals surface area contributed by atoms with Crippen LogP contribution in [0, 0.1) is 0 Å². The molecule has 1 aromatic carbocycles. The largest absolute Gasteiger partial charge is 0.394 e. The maximum absolute atomic E-state index is 10.2. The molecule has 4 N–H and O–H groups in total. The molecule has 156 valence electrons. The second-order valence-electron chi connectivity index (χ2n) is 6.26. The average molecular weight is 466 g/mol. The SMILES string of the molecule is CC.OCC1OC(n2cnc3c(NCc4ccc(Br)cc4)ncnc32)C(O)C1O. The van der Waals surface area contributed by atoms with E-state index in [9.17, 15) is 15.3 Å². The number of benzene rings is 1. The van der Waals surface area contributed by atoms with E-state index < -0.39 is 31.1 Å². The summed E-state index contributed by atoms with van der Waals surface area (Å²) in [6.45, 7) is 4.16. The fourth-order valence-electron chi connectivity index (χ4n) is 3.07. The van der Waals surface area contributed by atoms with Crippen LogP contribution in [0.15, 0.2) is 41.4 Å². The Morgan fingerprint density at radius 2 is 1.83 bits per heavy atom. The second-order valence-corrected chi connectivity index (χ2v) is 7.17. The highest BCUT2D eigenvalue weighted by atomic mass is 79.9. The first-order valence-corrected chi connectivity index (χ1v) is 10.2. The van der Waals surface area contributed by atoms with Crippen molar-refractivity contribution in [3.63, 3.8) is 0 Å². The summed E-state index contributed by atoms with van der Waals surface area (Å²) in [4.78, 5) is 12.8. The minimum Gasteiger partial charge on any atom is -0.394 e. The Morgan fingerprint density at radius 3 is 2.48 bits per heavy atom. The fraction of sp³-hybridized carbons (Fsp3) is 0.421. The van der Waals surface area contributed by atoms with E-state index in [1.807, 2.05) is 38.1 Å². The van der Waals surface area contributed by atoms with E-state index in [-0.39, 0.29) is 0 Å². The number of halogens is 1. The van der Waals surface area contributed by atoms with Gasteiger partial charge in [0.25, 0.3) is 0 Å². The zero-order valence-electron chi connectivity index (χ0n) is 16.1. The third kappa shape index (κ3) is 4.41. The van der Waals surface area contributed by atoms with E-state index in [1.54, 1.807) is 0 Å². The van der Waals surface area contributed by atoms with Gasteiger partial charge in [-0.3, -0.25) is 4.57 Å². The molecular weight excluding hydrogens is 442 g/mol. The van der Waals surface area contributed by atoms with Gasteiger partial charge in [0.1, 0.15) is 24.6 Å². The van der Waals surface area contributed by atoms with Gasteiger partial charge in [0, 0.05) is 11.0 Å². The van der Waals surface area contributed by atoms with Crippen molar-refractivity contribution in [1.29, 1.82) is 0 Å². The third-order valence-electron chi connectivity index (χ3n) is 4.52. The molecule has 1 aliphatic rings. The maximum atomic E-state index is 10.2. The molecule has 0 bridgehead atoms. The lowest BCUT2D eigenvalue weighted by atomic mass is 10.1. The van der Waals surface area contributed by atoms with Crippen LogP contribution in [0.4, 0.5) is 5.82 Å². The quantitative estimate of drug-likeness (QED) is 0.449. The molecule has 1 aliphatic heterocycles. The number of nitrogens with zero attached hydrogens (tertiary/aromatic N) is 4. The first-order chi connectivity index (χ1) is 14.1. The monoisotopic (exact) mass is 465 g/mol. The lowest BCUT2D eigenvalue weighted by molar-refractivity contribution is -0.0511. The molecule has 3 aromatic rings. The van der Waals surface area contributed by atoms with Gasteiger partial charge in [0.2, 0.25) is 0 Å². The average Bonchev–Trinajstić information content (AvgIpc) is 3.30. The number of anilines is 1. The molecule has 0 aliphatic carbocycles. The molecule has 1 fully saturated rings. The van der Waals surface area contributed by atoms with Gasteiger partial charge in [-0.15, -0.1) is 0 Å². The summed E-state index contributed by atoms with van der Waals surface area (Å²) < 4.78 is 8.10. The Labute approximate surface area is 176 Å². The number of hydrogen-bond donors (Lipinski definition) is 4. The van der Waals surface area contributed by atoms with Crippen molar-refractivity contribution in [3.8, 4) is 0 Å².